The van der Waals surface area contributed by atoms with Crippen LogP contribution < -0.4 is 10.2 Å². The lowest BCUT2D eigenvalue weighted by atomic mass is 9.97. The van der Waals surface area contributed by atoms with E-state index in [1.54, 1.807) is 63.2 Å². The van der Waals surface area contributed by atoms with E-state index in [1.165, 1.54) is 6.21 Å². The highest BCUT2D eigenvalue weighted by Gasteiger charge is 2.24. The van der Waals surface area contributed by atoms with Crippen LogP contribution in [-0.4, -0.2) is 18.1 Å². The molecule has 0 aliphatic heterocycles. The number of benzene rings is 2. The Morgan fingerprint density at radius 1 is 1.12 bits per heavy atom. The zero-order valence-corrected chi connectivity index (χ0v) is 15.8. The number of nitrogens with zero attached hydrogens (tertiary/aromatic N) is 1. The number of carbonyl (C=O) groups excluding carboxylic acids is 2. The number of carbonyl (C=O) groups is 2. The van der Waals surface area contributed by atoms with Crippen molar-refractivity contribution in [2.45, 2.75) is 20.8 Å². The van der Waals surface area contributed by atoms with Crippen molar-refractivity contribution in [1.82, 2.24) is 5.43 Å². The normalized spacial score (nSPS) is 11.4. The Morgan fingerprint density at radius 2 is 1.80 bits per heavy atom. The van der Waals surface area contributed by atoms with Gasteiger partial charge in [-0.25, -0.2) is 5.43 Å². The summed E-state index contributed by atoms with van der Waals surface area (Å²) in [6.45, 7) is 5.34. The zero-order valence-electron chi connectivity index (χ0n) is 14.2. The van der Waals surface area contributed by atoms with Gasteiger partial charge in [0, 0.05) is 15.6 Å². The molecule has 0 radical (unpaired) electrons. The predicted octanol–water partition coefficient (Wildman–Crippen LogP) is 4.16. The summed E-state index contributed by atoms with van der Waals surface area (Å²) in [5.41, 5.74) is 2.91. The molecule has 2 aromatic rings. The molecule has 25 heavy (non-hydrogen) atoms. The van der Waals surface area contributed by atoms with Gasteiger partial charge in [0.1, 0.15) is 5.75 Å². The molecule has 130 valence electrons. The van der Waals surface area contributed by atoms with Gasteiger partial charge in [-0.1, -0.05) is 34.1 Å². The molecule has 0 spiro atoms. The second-order valence-electron chi connectivity index (χ2n) is 6.39. The van der Waals surface area contributed by atoms with E-state index in [-0.39, 0.29) is 11.9 Å². The number of halogens is 1. The van der Waals surface area contributed by atoms with Gasteiger partial charge in [0.2, 0.25) is 0 Å². The summed E-state index contributed by atoms with van der Waals surface area (Å²) in [6.07, 6.45) is 1.44. The first-order valence-corrected chi connectivity index (χ1v) is 8.47. The van der Waals surface area contributed by atoms with Crippen molar-refractivity contribution in [3.63, 3.8) is 0 Å². The Bertz CT molecular complexity index is 796. The number of hydrazone groups is 1. The molecule has 0 atom stereocenters. The average molecular weight is 403 g/mol. The van der Waals surface area contributed by atoms with E-state index < -0.39 is 5.41 Å². The molecule has 1 amide bonds. The summed E-state index contributed by atoms with van der Waals surface area (Å²) in [5.74, 6) is -0.293. The fourth-order valence-electron chi connectivity index (χ4n) is 1.78. The quantitative estimate of drug-likeness (QED) is 0.361. The highest BCUT2D eigenvalue weighted by Crippen LogP contribution is 2.25. The van der Waals surface area contributed by atoms with Crippen LogP contribution in [0.5, 0.6) is 5.75 Å². The predicted molar refractivity (Wildman–Crippen MR) is 101 cm³/mol. The highest BCUT2D eigenvalue weighted by molar-refractivity contribution is 9.10. The van der Waals surface area contributed by atoms with Crippen molar-refractivity contribution in [3.8, 4) is 5.75 Å². The summed E-state index contributed by atoms with van der Waals surface area (Å²) in [7, 11) is 0. The minimum Gasteiger partial charge on any atom is -0.425 e. The number of nitrogens with one attached hydrogen (secondary N) is 1. The van der Waals surface area contributed by atoms with Crippen LogP contribution in [0.2, 0.25) is 0 Å². The fourth-order valence-corrected chi connectivity index (χ4v) is 2.16. The van der Waals surface area contributed by atoms with Gasteiger partial charge >= 0.3 is 5.97 Å². The summed E-state index contributed by atoms with van der Waals surface area (Å²) < 4.78 is 6.25. The van der Waals surface area contributed by atoms with Crippen LogP contribution >= 0.6 is 15.9 Å². The molecular formula is C19H19BrN2O3. The maximum atomic E-state index is 12.1. The van der Waals surface area contributed by atoms with Gasteiger partial charge in [-0.15, -0.1) is 0 Å². The monoisotopic (exact) mass is 402 g/mol. The first-order chi connectivity index (χ1) is 11.8. The van der Waals surface area contributed by atoms with Gasteiger partial charge < -0.3 is 4.74 Å². The first kappa shape index (κ1) is 18.9. The lowest BCUT2D eigenvalue weighted by molar-refractivity contribution is -0.143. The van der Waals surface area contributed by atoms with Gasteiger partial charge in [0.15, 0.2) is 0 Å². The molecule has 2 rings (SSSR count). The third-order valence-corrected chi connectivity index (χ3v) is 3.69. The van der Waals surface area contributed by atoms with Crippen LogP contribution in [0.15, 0.2) is 58.1 Å². The summed E-state index contributed by atoms with van der Waals surface area (Å²) >= 11 is 3.37. The molecule has 0 heterocycles. The number of hydrogen-bond acceptors (Lipinski definition) is 4. The van der Waals surface area contributed by atoms with Crippen LogP contribution in [0.25, 0.3) is 0 Å². The smallest absolute Gasteiger partial charge is 0.316 e. The number of rotatable bonds is 4. The Hall–Kier alpha value is -2.47. The van der Waals surface area contributed by atoms with E-state index >= 15 is 0 Å². The van der Waals surface area contributed by atoms with Crippen LogP contribution in [0.1, 0.15) is 36.7 Å². The molecule has 5 nitrogen and oxygen atoms in total. The van der Waals surface area contributed by atoms with Crippen molar-refractivity contribution in [2.75, 3.05) is 0 Å². The third-order valence-electron chi connectivity index (χ3n) is 3.19. The van der Waals surface area contributed by atoms with Crippen molar-refractivity contribution in [2.24, 2.45) is 10.5 Å². The van der Waals surface area contributed by atoms with E-state index in [0.717, 1.165) is 4.47 Å². The molecule has 0 saturated heterocycles. The van der Waals surface area contributed by atoms with Gasteiger partial charge in [-0.05, 0) is 51.1 Å². The minimum atomic E-state index is -0.622. The molecule has 0 aromatic heterocycles. The minimum absolute atomic E-state index is 0.319. The largest absolute Gasteiger partial charge is 0.425 e. The molecule has 0 saturated carbocycles. The van der Waals surface area contributed by atoms with Crippen molar-refractivity contribution in [3.05, 3.63) is 64.1 Å². The third kappa shape index (κ3) is 5.53. The number of hydrogen-bond donors (Lipinski definition) is 1. The van der Waals surface area contributed by atoms with Crippen LogP contribution in [0.4, 0.5) is 0 Å². The van der Waals surface area contributed by atoms with Gasteiger partial charge in [-0.2, -0.15) is 5.10 Å². The molecule has 1 N–H and O–H groups in total. The molecule has 0 bridgehead atoms. The Kier molecular flexibility index (Phi) is 6.09. The van der Waals surface area contributed by atoms with E-state index in [1.807, 2.05) is 6.07 Å². The van der Waals surface area contributed by atoms with Gasteiger partial charge in [0.25, 0.3) is 5.91 Å². The molecule has 0 fully saturated rings. The molecule has 0 aliphatic carbocycles. The van der Waals surface area contributed by atoms with Crippen LogP contribution in [-0.2, 0) is 4.79 Å². The zero-order chi connectivity index (χ0) is 18.4. The molecule has 0 aliphatic rings. The SMILES string of the molecule is CC(C)(C)C(=O)Oc1ccc(Br)cc1/C=N/NC(=O)c1ccccc1. The molecule has 6 heteroatoms. The van der Waals surface area contributed by atoms with Crippen molar-refractivity contribution < 1.29 is 14.3 Å². The van der Waals surface area contributed by atoms with Crippen molar-refractivity contribution >= 4 is 34.0 Å². The fraction of sp³-hybridized carbons (Fsp3) is 0.211. The van der Waals surface area contributed by atoms with E-state index in [9.17, 15) is 9.59 Å². The molecule has 0 unspecified atom stereocenters. The summed E-state index contributed by atoms with van der Waals surface area (Å²) in [6, 6.07) is 14.0. The Morgan fingerprint density at radius 3 is 2.44 bits per heavy atom. The number of amides is 1. The number of ether oxygens (including phenoxy) is 1. The number of esters is 1. The van der Waals surface area contributed by atoms with E-state index in [4.69, 9.17) is 4.74 Å². The van der Waals surface area contributed by atoms with Crippen LogP contribution in [0, 0.1) is 5.41 Å². The molecular weight excluding hydrogens is 384 g/mol. The van der Waals surface area contributed by atoms with Gasteiger partial charge in [0.05, 0.1) is 11.6 Å². The molecule has 2 aromatic carbocycles. The maximum Gasteiger partial charge on any atom is 0.316 e. The topological polar surface area (TPSA) is 67.8 Å². The Labute approximate surface area is 155 Å². The van der Waals surface area contributed by atoms with E-state index in [2.05, 4.69) is 26.5 Å². The lowest BCUT2D eigenvalue weighted by Gasteiger charge is -2.17. The maximum absolute atomic E-state index is 12.1. The van der Waals surface area contributed by atoms with E-state index in [0.29, 0.717) is 16.9 Å². The highest BCUT2D eigenvalue weighted by atomic mass is 79.9. The average Bonchev–Trinajstić information content (AvgIpc) is 2.57. The summed E-state index contributed by atoms with van der Waals surface area (Å²) in [5, 5.41) is 3.95. The standard InChI is InChI=1S/C19H19BrN2O3/c1-19(2,3)18(24)25-16-10-9-15(20)11-14(16)12-21-22-17(23)13-7-5-4-6-8-13/h4-12H,1-3H3,(H,22,23)/b21-12+. The second kappa shape index (κ2) is 8.07. The van der Waals surface area contributed by atoms with Crippen molar-refractivity contribution in [1.29, 1.82) is 0 Å². The first-order valence-electron chi connectivity index (χ1n) is 7.67. The lowest BCUT2D eigenvalue weighted by Crippen LogP contribution is -2.26. The second-order valence-corrected chi connectivity index (χ2v) is 7.30. The summed E-state index contributed by atoms with van der Waals surface area (Å²) in [4.78, 5) is 24.1. The Balaban J connectivity index is 2.14. The van der Waals surface area contributed by atoms with Crippen LogP contribution in [0.3, 0.4) is 0 Å². The van der Waals surface area contributed by atoms with Gasteiger partial charge in [-0.3, -0.25) is 9.59 Å².